The fourth-order valence-electron chi connectivity index (χ4n) is 3.84. The molecular formula is C24H17F3N4O5. The molecule has 1 aliphatic rings. The minimum atomic E-state index is -4.80. The number of fused-ring (bicyclic) bond motifs is 1. The van der Waals surface area contributed by atoms with Crippen molar-refractivity contribution in [3.8, 4) is 0 Å². The van der Waals surface area contributed by atoms with Crippen LogP contribution >= 0.6 is 0 Å². The first-order valence-electron chi connectivity index (χ1n) is 10.4. The highest BCUT2D eigenvalue weighted by molar-refractivity contribution is 6.21. The van der Waals surface area contributed by atoms with Crippen LogP contribution in [0.4, 0.5) is 35.0 Å². The van der Waals surface area contributed by atoms with Gasteiger partial charge >= 0.3 is 12.3 Å². The van der Waals surface area contributed by atoms with Crippen LogP contribution in [0, 0.1) is 10.1 Å². The summed E-state index contributed by atoms with van der Waals surface area (Å²) >= 11 is 0. The van der Waals surface area contributed by atoms with E-state index >= 15 is 0 Å². The number of para-hydroxylation sites is 1. The molecule has 3 aromatic carbocycles. The monoisotopic (exact) mass is 498 g/mol. The normalized spacial score (nSPS) is 15.5. The number of carbonyl (C=O) groups is 2. The fraction of sp³-hybridized carbons (Fsp3) is 0.125. The van der Waals surface area contributed by atoms with Crippen LogP contribution in [-0.4, -0.2) is 46.6 Å². The number of benzene rings is 3. The number of rotatable bonds is 5. The third-order valence-electron chi connectivity index (χ3n) is 5.36. The van der Waals surface area contributed by atoms with Gasteiger partial charge in [0.1, 0.15) is 6.54 Å². The Morgan fingerprint density at radius 3 is 2.22 bits per heavy atom. The van der Waals surface area contributed by atoms with Crippen LogP contribution in [0.25, 0.3) is 0 Å². The van der Waals surface area contributed by atoms with E-state index in [9.17, 15) is 38.0 Å². The van der Waals surface area contributed by atoms with E-state index in [0.717, 1.165) is 24.3 Å². The van der Waals surface area contributed by atoms with Crippen LogP contribution in [0.15, 0.2) is 83.9 Å². The molecule has 4 rings (SSSR count). The number of aliphatic imine (C=N–C) groups is 1. The van der Waals surface area contributed by atoms with Crippen LogP contribution in [0.3, 0.4) is 0 Å². The highest BCUT2D eigenvalue weighted by atomic mass is 19.4. The largest absolute Gasteiger partial charge is 0.465 e. The Kier molecular flexibility index (Phi) is 6.43. The summed E-state index contributed by atoms with van der Waals surface area (Å²) in [6, 6.07) is 18.4. The first-order chi connectivity index (χ1) is 17.1. The van der Waals surface area contributed by atoms with Crippen LogP contribution in [0.2, 0.25) is 0 Å². The number of nitro benzene ring substituents is 1. The summed E-state index contributed by atoms with van der Waals surface area (Å²) in [6.07, 6.45) is -8.43. The smallest absolute Gasteiger partial charge is 0.414 e. The third-order valence-corrected chi connectivity index (χ3v) is 5.36. The molecule has 184 valence electrons. The molecule has 0 bridgehead atoms. The number of alkyl halides is 3. The molecule has 0 radical (unpaired) electrons. The van der Waals surface area contributed by atoms with Gasteiger partial charge in [-0.3, -0.25) is 19.8 Å². The predicted molar refractivity (Wildman–Crippen MR) is 124 cm³/mol. The molecule has 0 fully saturated rings. The van der Waals surface area contributed by atoms with Gasteiger partial charge in [-0.05, 0) is 18.2 Å². The number of hydrogen-bond acceptors (Lipinski definition) is 5. The predicted octanol–water partition coefficient (Wildman–Crippen LogP) is 4.85. The van der Waals surface area contributed by atoms with Crippen molar-refractivity contribution in [3.05, 3.63) is 100 Å². The van der Waals surface area contributed by atoms with E-state index in [4.69, 9.17) is 0 Å². The minimum absolute atomic E-state index is 0.0843. The summed E-state index contributed by atoms with van der Waals surface area (Å²) in [5, 5.41) is 21.0. The Hall–Kier alpha value is -4.74. The van der Waals surface area contributed by atoms with Crippen molar-refractivity contribution in [1.29, 1.82) is 0 Å². The zero-order valence-electron chi connectivity index (χ0n) is 18.3. The molecule has 2 amide bonds. The summed E-state index contributed by atoms with van der Waals surface area (Å²) < 4.78 is 40.7. The maximum absolute atomic E-state index is 13.6. The van der Waals surface area contributed by atoms with E-state index in [1.807, 2.05) is 0 Å². The average molecular weight is 498 g/mol. The molecule has 0 spiro atoms. The summed E-state index contributed by atoms with van der Waals surface area (Å²) in [4.78, 5) is 41.5. The molecule has 0 saturated heterocycles. The number of hydrogen-bond donors (Lipinski definition) is 1. The third kappa shape index (κ3) is 4.87. The van der Waals surface area contributed by atoms with E-state index in [1.54, 1.807) is 36.4 Å². The Balaban J connectivity index is 1.95. The van der Waals surface area contributed by atoms with Gasteiger partial charge in [0.2, 0.25) is 6.17 Å². The second-order valence-corrected chi connectivity index (χ2v) is 7.70. The fourth-order valence-corrected chi connectivity index (χ4v) is 3.84. The van der Waals surface area contributed by atoms with Gasteiger partial charge in [-0.1, -0.05) is 48.5 Å². The maximum atomic E-state index is 13.6. The second kappa shape index (κ2) is 9.49. The summed E-state index contributed by atoms with van der Waals surface area (Å²) in [5.74, 6) is -1.23. The molecule has 36 heavy (non-hydrogen) atoms. The zero-order valence-corrected chi connectivity index (χ0v) is 18.3. The molecule has 1 atom stereocenters. The number of carboxylic acid groups (broad SMARTS) is 1. The quantitative estimate of drug-likeness (QED) is 0.399. The number of halogens is 3. The van der Waals surface area contributed by atoms with E-state index in [1.165, 1.54) is 18.2 Å². The molecule has 9 nitrogen and oxygen atoms in total. The van der Waals surface area contributed by atoms with E-state index in [0.29, 0.717) is 15.4 Å². The number of amides is 2. The number of benzodiazepines with no additional fused rings is 1. The van der Waals surface area contributed by atoms with Crippen molar-refractivity contribution < 1.29 is 32.8 Å². The Morgan fingerprint density at radius 1 is 1.03 bits per heavy atom. The van der Waals surface area contributed by atoms with Gasteiger partial charge in [0.05, 0.1) is 22.0 Å². The van der Waals surface area contributed by atoms with Gasteiger partial charge in [-0.2, -0.15) is 13.2 Å². The molecule has 0 aromatic heterocycles. The lowest BCUT2D eigenvalue weighted by atomic mass is 10.0. The number of carbonyl (C=O) groups excluding carboxylic acids is 1. The lowest BCUT2D eigenvalue weighted by molar-refractivity contribution is -0.384. The van der Waals surface area contributed by atoms with Crippen molar-refractivity contribution in [1.82, 2.24) is 0 Å². The lowest BCUT2D eigenvalue weighted by Gasteiger charge is -2.30. The second-order valence-electron chi connectivity index (χ2n) is 7.70. The van der Waals surface area contributed by atoms with Crippen molar-refractivity contribution in [2.75, 3.05) is 16.3 Å². The topological polar surface area (TPSA) is 116 Å². The van der Waals surface area contributed by atoms with Crippen molar-refractivity contribution in [2.24, 2.45) is 4.99 Å². The van der Waals surface area contributed by atoms with Gasteiger partial charge in [-0.25, -0.2) is 14.7 Å². The zero-order chi connectivity index (χ0) is 26.0. The van der Waals surface area contributed by atoms with Crippen molar-refractivity contribution in [2.45, 2.75) is 12.3 Å². The number of nitrogens with zero attached hydrogens (tertiary/aromatic N) is 4. The van der Waals surface area contributed by atoms with Gasteiger partial charge in [-0.15, -0.1) is 0 Å². The van der Waals surface area contributed by atoms with Crippen LogP contribution in [0.1, 0.15) is 11.1 Å². The summed E-state index contributed by atoms with van der Waals surface area (Å²) in [6.45, 7) is -1.68. The first-order valence-corrected chi connectivity index (χ1v) is 10.4. The highest BCUT2D eigenvalue weighted by Gasteiger charge is 2.43. The number of anilines is 2. The molecule has 3 aromatic rings. The van der Waals surface area contributed by atoms with Crippen LogP contribution < -0.4 is 9.80 Å². The molecular weight excluding hydrogens is 481 g/mol. The van der Waals surface area contributed by atoms with E-state index < -0.39 is 35.8 Å². The van der Waals surface area contributed by atoms with Gasteiger partial charge in [0.25, 0.3) is 11.6 Å². The molecule has 1 aliphatic heterocycles. The summed E-state index contributed by atoms with van der Waals surface area (Å²) in [5.41, 5.74) is 0.168. The Morgan fingerprint density at radius 2 is 1.64 bits per heavy atom. The number of non-ortho nitro benzene ring substituents is 1. The van der Waals surface area contributed by atoms with Crippen LogP contribution in [-0.2, 0) is 4.79 Å². The minimum Gasteiger partial charge on any atom is -0.465 e. The molecule has 12 heteroatoms. The molecule has 0 aliphatic carbocycles. The number of nitro groups is 1. The van der Waals surface area contributed by atoms with E-state index in [2.05, 4.69) is 4.99 Å². The molecule has 1 N–H and O–H groups in total. The molecule has 0 saturated carbocycles. The summed E-state index contributed by atoms with van der Waals surface area (Å²) in [7, 11) is 0. The van der Waals surface area contributed by atoms with Crippen molar-refractivity contribution >= 4 is 34.8 Å². The Labute approximate surface area is 201 Å². The van der Waals surface area contributed by atoms with Crippen molar-refractivity contribution in [3.63, 3.8) is 0 Å². The first kappa shape index (κ1) is 24.4. The molecule has 1 heterocycles. The molecule has 0 unspecified atom stereocenters. The standard InChI is InChI=1S/C24H17F3N4O5/c25-24(26,27)14-29-19-9-5-4-8-18(19)20(15-6-2-1-3-7-15)28-21(22(29)32)30(23(33)34)16-10-12-17(13-11-16)31(35)36/h1-13,21H,14H2,(H,33,34)/t21-/m1/s1. The lowest BCUT2D eigenvalue weighted by Crippen LogP contribution is -2.52. The SMILES string of the molecule is O=C1[C@@H](N(C(=O)O)c2ccc([N+](=O)[O-])cc2)N=C(c2ccccc2)c2ccccc2N1CC(F)(F)F. The Bertz CT molecular complexity index is 1340. The van der Waals surface area contributed by atoms with E-state index in [-0.39, 0.29) is 28.3 Å². The van der Waals surface area contributed by atoms with Gasteiger partial charge in [0.15, 0.2) is 0 Å². The van der Waals surface area contributed by atoms with Crippen LogP contribution in [0.5, 0.6) is 0 Å². The maximum Gasteiger partial charge on any atom is 0.414 e. The van der Waals surface area contributed by atoms with Gasteiger partial charge in [0, 0.05) is 23.3 Å². The van der Waals surface area contributed by atoms with Gasteiger partial charge < -0.3 is 5.11 Å². The highest BCUT2D eigenvalue weighted by Crippen LogP contribution is 2.33. The average Bonchev–Trinajstić information content (AvgIpc) is 2.95.